The second-order valence-corrected chi connectivity index (χ2v) is 5.71. The van der Waals surface area contributed by atoms with Crippen molar-refractivity contribution in [2.24, 2.45) is 0 Å². The van der Waals surface area contributed by atoms with E-state index < -0.39 is 0 Å². The van der Waals surface area contributed by atoms with E-state index in [1.54, 1.807) is 0 Å². The van der Waals surface area contributed by atoms with Crippen LogP contribution in [0.5, 0.6) is 0 Å². The number of carbonyl (C=O) groups is 4. The zero-order valence-corrected chi connectivity index (χ0v) is 12.2. The summed E-state index contributed by atoms with van der Waals surface area (Å²) < 4.78 is 4.97. The highest BCUT2D eigenvalue weighted by atomic mass is 32.2. The Kier molecular flexibility index (Phi) is 5.57. The Morgan fingerprint density at radius 1 is 1.24 bits per heavy atom. The number of nitrogens with zero attached hydrogens (tertiary/aromatic N) is 1. The van der Waals surface area contributed by atoms with Gasteiger partial charge in [0.2, 0.25) is 17.7 Å². The summed E-state index contributed by atoms with van der Waals surface area (Å²) in [5, 5.41) is 4.97. The van der Waals surface area contributed by atoms with Gasteiger partial charge < -0.3 is 15.4 Å². The molecule has 0 spiro atoms. The van der Waals surface area contributed by atoms with Crippen molar-refractivity contribution in [2.75, 3.05) is 32.1 Å². The number of carbonyl (C=O) groups excluding carboxylic acids is 4. The third-order valence-corrected chi connectivity index (χ3v) is 3.77. The number of thioether (sulfide) groups is 1. The second-order valence-electron chi connectivity index (χ2n) is 4.78. The molecule has 9 heteroatoms. The molecule has 0 unspecified atom stereocenters. The predicted molar refractivity (Wildman–Crippen MR) is 74.6 cm³/mol. The van der Waals surface area contributed by atoms with Crippen molar-refractivity contribution in [1.29, 1.82) is 0 Å². The van der Waals surface area contributed by atoms with Crippen molar-refractivity contribution in [2.45, 2.75) is 18.9 Å². The normalized spacial score (nSPS) is 18.0. The number of hydrogen-bond donors (Lipinski definition) is 2. The molecule has 2 rings (SSSR count). The van der Waals surface area contributed by atoms with Crippen molar-refractivity contribution in [1.82, 2.24) is 15.5 Å². The molecule has 1 heterocycles. The highest BCUT2D eigenvalue weighted by molar-refractivity contribution is 8.14. The number of rotatable bonds is 8. The molecule has 1 saturated carbocycles. The molecule has 1 aliphatic heterocycles. The fourth-order valence-electron chi connectivity index (χ4n) is 1.69. The summed E-state index contributed by atoms with van der Waals surface area (Å²) in [5.41, 5.74) is 0. The summed E-state index contributed by atoms with van der Waals surface area (Å²) in [6.45, 7) is -0.0501. The Morgan fingerprint density at radius 2 is 1.95 bits per heavy atom. The smallest absolute Gasteiger partial charge is 0.288 e. The summed E-state index contributed by atoms with van der Waals surface area (Å²) in [5.74, 6) is -0.699. The van der Waals surface area contributed by atoms with Crippen molar-refractivity contribution in [3.05, 3.63) is 0 Å². The fraction of sp³-hybridized carbons (Fsp3) is 0.667. The topological polar surface area (TPSA) is 105 Å². The minimum absolute atomic E-state index is 0.149. The van der Waals surface area contributed by atoms with Gasteiger partial charge in [0, 0.05) is 19.1 Å². The van der Waals surface area contributed by atoms with Gasteiger partial charge in [-0.2, -0.15) is 0 Å². The first kappa shape index (κ1) is 15.8. The highest BCUT2D eigenvalue weighted by Crippen LogP contribution is 2.18. The van der Waals surface area contributed by atoms with E-state index in [4.69, 9.17) is 4.74 Å². The molecule has 0 bridgehead atoms. The Balaban J connectivity index is 1.52. The highest BCUT2D eigenvalue weighted by Gasteiger charge is 2.29. The molecule has 0 aromatic heterocycles. The molecule has 1 aliphatic carbocycles. The first-order valence-electron chi connectivity index (χ1n) is 6.67. The maximum Gasteiger partial charge on any atom is 0.288 e. The number of imide groups is 1. The molecular weight excluding hydrogens is 298 g/mol. The average molecular weight is 315 g/mol. The van der Waals surface area contributed by atoms with Crippen LogP contribution in [0, 0.1) is 0 Å². The molecule has 21 heavy (non-hydrogen) atoms. The van der Waals surface area contributed by atoms with Crippen LogP contribution in [0.2, 0.25) is 0 Å². The van der Waals surface area contributed by atoms with E-state index in [0.717, 1.165) is 29.5 Å². The average Bonchev–Trinajstić information content (AvgIpc) is 3.18. The van der Waals surface area contributed by atoms with Crippen LogP contribution in [0.1, 0.15) is 12.8 Å². The Labute approximate surface area is 125 Å². The lowest BCUT2D eigenvalue weighted by Gasteiger charge is -2.13. The molecule has 0 aromatic rings. The van der Waals surface area contributed by atoms with Crippen molar-refractivity contribution >= 4 is 34.7 Å². The molecule has 0 atom stereocenters. The van der Waals surface area contributed by atoms with Gasteiger partial charge in [-0.1, -0.05) is 11.8 Å². The molecule has 116 valence electrons. The molecule has 2 N–H and O–H groups in total. The van der Waals surface area contributed by atoms with Gasteiger partial charge in [0.1, 0.15) is 13.2 Å². The van der Waals surface area contributed by atoms with E-state index in [1.165, 1.54) is 0 Å². The van der Waals surface area contributed by atoms with E-state index in [0.29, 0.717) is 0 Å². The standard InChI is InChI=1S/C12H17N3O5S/c16-9(5-20-6-10(17)14-8-1-2-8)13-3-4-15-11(18)7-21-12(15)19/h8H,1-7H2,(H,13,16)(H,14,17). The van der Waals surface area contributed by atoms with Crippen LogP contribution in [0.4, 0.5) is 4.79 Å². The molecule has 0 aromatic carbocycles. The Hall–Kier alpha value is -1.61. The number of nitrogens with one attached hydrogen (secondary N) is 2. The Morgan fingerprint density at radius 3 is 2.57 bits per heavy atom. The summed E-state index contributed by atoms with van der Waals surface area (Å²) >= 11 is 0.955. The van der Waals surface area contributed by atoms with E-state index in [-0.39, 0.29) is 61.1 Å². The lowest BCUT2D eigenvalue weighted by atomic mass is 10.5. The van der Waals surface area contributed by atoms with E-state index in [2.05, 4.69) is 10.6 Å². The van der Waals surface area contributed by atoms with Gasteiger partial charge in [-0.25, -0.2) is 0 Å². The van der Waals surface area contributed by atoms with Crippen LogP contribution in [-0.2, 0) is 19.1 Å². The zero-order valence-electron chi connectivity index (χ0n) is 11.4. The summed E-state index contributed by atoms with van der Waals surface area (Å²) in [6.07, 6.45) is 2.00. The minimum atomic E-state index is -0.388. The predicted octanol–water partition coefficient (Wildman–Crippen LogP) is -0.907. The van der Waals surface area contributed by atoms with Crippen LogP contribution in [0.15, 0.2) is 0 Å². The van der Waals surface area contributed by atoms with Gasteiger partial charge in [-0.3, -0.25) is 24.1 Å². The van der Waals surface area contributed by atoms with E-state index in [9.17, 15) is 19.2 Å². The molecule has 0 radical (unpaired) electrons. The largest absolute Gasteiger partial charge is 0.362 e. The molecular formula is C12H17N3O5S. The van der Waals surface area contributed by atoms with Gasteiger partial charge in [-0.15, -0.1) is 0 Å². The van der Waals surface area contributed by atoms with Gasteiger partial charge in [0.05, 0.1) is 5.75 Å². The molecule has 2 fully saturated rings. The quantitative estimate of drug-likeness (QED) is 0.601. The molecule has 4 amide bonds. The summed E-state index contributed by atoms with van der Waals surface area (Å²) in [7, 11) is 0. The lowest BCUT2D eigenvalue weighted by molar-refractivity contribution is -0.131. The monoisotopic (exact) mass is 315 g/mol. The van der Waals surface area contributed by atoms with Crippen LogP contribution >= 0.6 is 11.8 Å². The van der Waals surface area contributed by atoms with Crippen LogP contribution in [-0.4, -0.2) is 66.0 Å². The summed E-state index contributed by atoms with van der Waals surface area (Å²) in [6, 6.07) is 0.267. The Bertz CT molecular complexity index is 436. The lowest BCUT2D eigenvalue weighted by Crippen LogP contribution is -2.39. The van der Waals surface area contributed by atoms with Crippen LogP contribution in [0.25, 0.3) is 0 Å². The molecule has 2 aliphatic rings. The van der Waals surface area contributed by atoms with Crippen molar-refractivity contribution in [3.63, 3.8) is 0 Å². The van der Waals surface area contributed by atoms with Crippen LogP contribution in [0.3, 0.4) is 0 Å². The third kappa shape index (κ3) is 5.35. The second kappa shape index (κ2) is 7.41. The first-order chi connectivity index (χ1) is 10.1. The van der Waals surface area contributed by atoms with E-state index >= 15 is 0 Å². The zero-order chi connectivity index (χ0) is 15.2. The first-order valence-corrected chi connectivity index (χ1v) is 7.66. The van der Waals surface area contributed by atoms with E-state index in [1.807, 2.05) is 0 Å². The van der Waals surface area contributed by atoms with Gasteiger partial charge in [0.15, 0.2) is 0 Å². The molecule has 8 nitrogen and oxygen atoms in total. The number of ether oxygens (including phenoxy) is 1. The van der Waals surface area contributed by atoms with Gasteiger partial charge >= 0.3 is 0 Å². The minimum Gasteiger partial charge on any atom is -0.362 e. The molecule has 1 saturated heterocycles. The van der Waals surface area contributed by atoms with Crippen LogP contribution < -0.4 is 10.6 Å². The number of amides is 4. The maximum atomic E-state index is 11.4. The number of hydrogen-bond acceptors (Lipinski definition) is 6. The summed E-state index contributed by atoms with van der Waals surface area (Å²) in [4.78, 5) is 46.4. The fourth-order valence-corrected chi connectivity index (χ4v) is 2.44. The SMILES string of the molecule is O=C(COCC(=O)NC1CC1)NCCN1C(=O)CSC1=O. The van der Waals surface area contributed by atoms with Crippen molar-refractivity contribution < 1.29 is 23.9 Å². The third-order valence-electron chi connectivity index (χ3n) is 2.91. The van der Waals surface area contributed by atoms with Crippen molar-refractivity contribution in [3.8, 4) is 0 Å². The van der Waals surface area contributed by atoms with Gasteiger partial charge in [0.25, 0.3) is 5.24 Å². The maximum absolute atomic E-state index is 11.4. The van der Waals surface area contributed by atoms with Gasteiger partial charge in [-0.05, 0) is 12.8 Å².